The van der Waals surface area contributed by atoms with Crippen molar-refractivity contribution in [1.82, 2.24) is 10.3 Å². The third-order valence-corrected chi connectivity index (χ3v) is 3.49. The van der Waals surface area contributed by atoms with E-state index < -0.39 is 0 Å². The first kappa shape index (κ1) is 14.5. The highest BCUT2D eigenvalue weighted by Crippen LogP contribution is 2.34. The van der Waals surface area contributed by atoms with E-state index in [-0.39, 0.29) is 18.5 Å². The minimum atomic E-state index is -0.139. The normalized spacial score (nSPS) is 15.1. The van der Waals surface area contributed by atoms with Crippen LogP contribution in [0.4, 0.5) is 0 Å². The zero-order valence-corrected chi connectivity index (χ0v) is 11.9. The molecular formula is C16H21N3O. The summed E-state index contributed by atoms with van der Waals surface area (Å²) in [6.45, 7) is 2.37. The lowest BCUT2D eigenvalue weighted by molar-refractivity contribution is 0.0927. The van der Waals surface area contributed by atoms with Gasteiger partial charge in [-0.2, -0.15) is 0 Å². The van der Waals surface area contributed by atoms with Gasteiger partial charge >= 0.3 is 0 Å². The lowest BCUT2D eigenvalue weighted by Crippen LogP contribution is -2.35. The highest BCUT2D eigenvalue weighted by molar-refractivity contribution is 5.94. The molecule has 0 radical (unpaired) electrons. The molecule has 1 atom stereocenters. The molecule has 1 aromatic rings. The topological polar surface area (TPSA) is 68.0 Å². The van der Waals surface area contributed by atoms with Crippen molar-refractivity contribution in [3.05, 3.63) is 29.6 Å². The van der Waals surface area contributed by atoms with Crippen molar-refractivity contribution in [1.29, 1.82) is 0 Å². The molecule has 1 aliphatic carbocycles. The molecule has 3 N–H and O–H groups in total. The van der Waals surface area contributed by atoms with E-state index in [4.69, 9.17) is 5.73 Å². The predicted molar refractivity (Wildman–Crippen MR) is 79.1 cm³/mol. The third kappa shape index (κ3) is 4.07. The molecule has 4 nitrogen and oxygen atoms in total. The van der Waals surface area contributed by atoms with Gasteiger partial charge in [0.05, 0.1) is 12.1 Å². The first-order valence-corrected chi connectivity index (χ1v) is 7.19. The Hall–Kier alpha value is -1.86. The second-order valence-electron chi connectivity index (χ2n) is 5.16. The van der Waals surface area contributed by atoms with Gasteiger partial charge in [0.1, 0.15) is 5.69 Å². The Kier molecular flexibility index (Phi) is 5.14. The van der Waals surface area contributed by atoms with Crippen molar-refractivity contribution in [2.75, 3.05) is 6.54 Å². The maximum absolute atomic E-state index is 12.3. The molecule has 4 heteroatoms. The predicted octanol–water partition coefficient (Wildman–Crippen LogP) is 1.70. The summed E-state index contributed by atoms with van der Waals surface area (Å²) in [5, 5.41) is 3.07. The van der Waals surface area contributed by atoms with Gasteiger partial charge in [-0.05, 0) is 30.9 Å². The van der Waals surface area contributed by atoms with Crippen LogP contribution in [0.5, 0.6) is 0 Å². The number of carbonyl (C=O) groups excluding carboxylic acids is 1. The Balaban J connectivity index is 2.07. The number of hydrogen-bond donors (Lipinski definition) is 2. The van der Waals surface area contributed by atoms with Crippen molar-refractivity contribution in [2.24, 2.45) is 11.7 Å². The SMILES string of the molecule is CCC(CC1CC1)NC(=O)c1ncccc1C#CCN. The number of pyridine rings is 1. The van der Waals surface area contributed by atoms with Crippen LogP contribution in [0, 0.1) is 17.8 Å². The molecule has 1 saturated carbocycles. The molecule has 1 heterocycles. The number of aromatic nitrogens is 1. The third-order valence-electron chi connectivity index (χ3n) is 3.49. The Bertz CT molecular complexity index is 526. The maximum Gasteiger partial charge on any atom is 0.271 e. The van der Waals surface area contributed by atoms with Gasteiger partial charge in [0, 0.05) is 12.2 Å². The fraction of sp³-hybridized carbons (Fsp3) is 0.500. The van der Waals surface area contributed by atoms with Crippen LogP contribution in [-0.4, -0.2) is 23.5 Å². The molecule has 1 unspecified atom stereocenters. The molecule has 0 bridgehead atoms. The van der Waals surface area contributed by atoms with E-state index in [2.05, 4.69) is 29.1 Å². The molecule has 1 aliphatic rings. The molecule has 106 valence electrons. The van der Waals surface area contributed by atoms with Crippen LogP contribution in [-0.2, 0) is 0 Å². The molecule has 0 aromatic carbocycles. The number of rotatable bonds is 5. The molecule has 0 saturated heterocycles. The summed E-state index contributed by atoms with van der Waals surface area (Å²) >= 11 is 0. The zero-order valence-electron chi connectivity index (χ0n) is 11.9. The average Bonchev–Trinajstić information content (AvgIpc) is 3.28. The molecule has 0 spiro atoms. The molecular weight excluding hydrogens is 250 g/mol. The largest absolute Gasteiger partial charge is 0.348 e. The van der Waals surface area contributed by atoms with Crippen molar-refractivity contribution < 1.29 is 4.79 Å². The smallest absolute Gasteiger partial charge is 0.271 e. The van der Waals surface area contributed by atoms with E-state index in [0.29, 0.717) is 11.3 Å². The average molecular weight is 271 g/mol. The van der Waals surface area contributed by atoms with E-state index in [1.807, 2.05) is 0 Å². The molecule has 1 amide bonds. The van der Waals surface area contributed by atoms with Gasteiger partial charge in [-0.3, -0.25) is 4.79 Å². The number of amides is 1. The lowest BCUT2D eigenvalue weighted by Gasteiger charge is -2.16. The van der Waals surface area contributed by atoms with E-state index in [0.717, 1.165) is 18.8 Å². The number of nitrogens with two attached hydrogens (primary N) is 1. The Morgan fingerprint density at radius 3 is 3.05 bits per heavy atom. The van der Waals surface area contributed by atoms with Gasteiger partial charge < -0.3 is 11.1 Å². The first-order chi connectivity index (χ1) is 9.74. The molecule has 1 aromatic heterocycles. The molecule has 2 rings (SSSR count). The minimum absolute atomic E-state index is 0.139. The molecule has 0 aliphatic heterocycles. The summed E-state index contributed by atoms with van der Waals surface area (Å²) < 4.78 is 0. The van der Waals surface area contributed by atoms with Crippen LogP contribution in [0.3, 0.4) is 0 Å². The van der Waals surface area contributed by atoms with Crippen LogP contribution >= 0.6 is 0 Å². The van der Waals surface area contributed by atoms with E-state index in [1.165, 1.54) is 12.8 Å². The second kappa shape index (κ2) is 7.06. The summed E-state index contributed by atoms with van der Waals surface area (Å²) in [5.74, 6) is 6.32. The Labute approximate surface area is 120 Å². The first-order valence-electron chi connectivity index (χ1n) is 7.19. The number of hydrogen-bond acceptors (Lipinski definition) is 3. The van der Waals surface area contributed by atoms with Crippen molar-refractivity contribution in [3.8, 4) is 11.8 Å². The maximum atomic E-state index is 12.3. The summed E-state index contributed by atoms with van der Waals surface area (Å²) in [5.41, 5.74) is 6.40. The van der Waals surface area contributed by atoms with Crippen LogP contribution in [0.1, 0.15) is 48.7 Å². The van der Waals surface area contributed by atoms with Crippen LogP contribution in [0.2, 0.25) is 0 Å². The number of nitrogens with one attached hydrogen (secondary N) is 1. The van der Waals surface area contributed by atoms with Crippen molar-refractivity contribution in [3.63, 3.8) is 0 Å². The fourth-order valence-corrected chi connectivity index (χ4v) is 2.17. The van der Waals surface area contributed by atoms with Gasteiger partial charge in [-0.1, -0.05) is 31.6 Å². The van der Waals surface area contributed by atoms with Crippen LogP contribution < -0.4 is 11.1 Å². The van der Waals surface area contributed by atoms with E-state index >= 15 is 0 Å². The quantitative estimate of drug-likeness (QED) is 0.801. The summed E-state index contributed by atoms with van der Waals surface area (Å²) in [7, 11) is 0. The monoisotopic (exact) mass is 271 g/mol. The van der Waals surface area contributed by atoms with Gasteiger partial charge in [0.25, 0.3) is 5.91 Å². The van der Waals surface area contributed by atoms with Crippen molar-refractivity contribution in [2.45, 2.75) is 38.6 Å². The minimum Gasteiger partial charge on any atom is -0.348 e. The summed E-state index contributed by atoms with van der Waals surface area (Å²) in [6, 6.07) is 3.80. The lowest BCUT2D eigenvalue weighted by atomic mass is 10.1. The Morgan fingerprint density at radius 1 is 1.60 bits per heavy atom. The second-order valence-corrected chi connectivity index (χ2v) is 5.16. The van der Waals surface area contributed by atoms with E-state index in [1.54, 1.807) is 18.3 Å². The van der Waals surface area contributed by atoms with Crippen LogP contribution in [0.15, 0.2) is 18.3 Å². The number of carbonyl (C=O) groups is 1. The fourth-order valence-electron chi connectivity index (χ4n) is 2.17. The van der Waals surface area contributed by atoms with E-state index in [9.17, 15) is 4.79 Å². The van der Waals surface area contributed by atoms with Gasteiger partial charge in [0.15, 0.2) is 0 Å². The molecule has 20 heavy (non-hydrogen) atoms. The van der Waals surface area contributed by atoms with Crippen LogP contribution in [0.25, 0.3) is 0 Å². The summed E-state index contributed by atoms with van der Waals surface area (Å²) in [4.78, 5) is 16.5. The highest BCUT2D eigenvalue weighted by Gasteiger charge is 2.26. The zero-order chi connectivity index (χ0) is 14.4. The van der Waals surface area contributed by atoms with Crippen molar-refractivity contribution >= 4 is 5.91 Å². The van der Waals surface area contributed by atoms with Gasteiger partial charge in [-0.25, -0.2) is 4.98 Å². The molecule has 1 fully saturated rings. The standard InChI is InChI=1S/C16H21N3O/c1-2-14(11-12-7-8-12)19-16(20)15-13(5-3-9-17)6-4-10-18-15/h4,6,10,12,14H,2,7-9,11,17H2,1H3,(H,19,20). The number of nitrogens with zero attached hydrogens (tertiary/aromatic N) is 1. The van der Waals surface area contributed by atoms with Gasteiger partial charge in [0.2, 0.25) is 0 Å². The summed E-state index contributed by atoms with van der Waals surface area (Å²) in [6.07, 6.45) is 6.22. The Morgan fingerprint density at radius 2 is 2.40 bits per heavy atom. The highest BCUT2D eigenvalue weighted by atomic mass is 16.1. The van der Waals surface area contributed by atoms with Gasteiger partial charge in [-0.15, -0.1) is 0 Å².